The zero-order valence-electron chi connectivity index (χ0n) is 13.2. The molecule has 148 valence electrons. The third-order valence-corrected chi connectivity index (χ3v) is 3.44. The molecule has 0 saturated heterocycles. The van der Waals surface area contributed by atoms with E-state index in [4.69, 9.17) is 0 Å². The zero-order valence-corrected chi connectivity index (χ0v) is 13.2. The fourth-order valence-electron chi connectivity index (χ4n) is 2.19. The van der Waals surface area contributed by atoms with Gasteiger partial charge in [-0.2, -0.15) is 26.3 Å². The standard InChI is InChI=1S/C15H6F6N2O5/c16-14(17,18)9-1-7(3-11(5-9)22(25)26)13(24)8-2-10(15(19,20)21)6-12(4-8)23(27)28/h1-6H. The van der Waals surface area contributed by atoms with Crippen molar-refractivity contribution in [3.8, 4) is 0 Å². The van der Waals surface area contributed by atoms with Crippen LogP contribution >= 0.6 is 0 Å². The summed E-state index contributed by atoms with van der Waals surface area (Å²) in [7, 11) is 0. The molecule has 0 aliphatic rings. The SMILES string of the molecule is O=C(c1cc([N+](=O)[O-])cc(C(F)(F)F)c1)c1cc([N+](=O)[O-])cc(C(F)(F)F)c1. The lowest BCUT2D eigenvalue weighted by Crippen LogP contribution is -2.12. The predicted octanol–water partition coefficient (Wildman–Crippen LogP) is 4.77. The van der Waals surface area contributed by atoms with Crippen LogP contribution in [0.25, 0.3) is 0 Å². The van der Waals surface area contributed by atoms with E-state index >= 15 is 0 Å². The highest BCUT2D eigenvalue weighted by Crippen LogP contribution is 2.35. The molecule has 2 aromatic rings. The van der Waals surface area contributed by atoms with Gasteiger partial charge in [-0.3, -0.25) is 25.0 Å². The van der Waals surface area contributed by atoms with Crippen molar-refractivity contribution in [1.82, 2.24) is 0 Å². The van der Waals surface area contributed by atoms with Gasteiger partial charge < -0.3 is 0 Å². The number of halogens is 6. The monoisotopic (exact) mass is 408 g/mol. The van der Waals surface area contributed by atoms with E-state index in [9.17, 15) is 51.4 Å². The van der Waals surface area contributed by atoms with Crippen LogP contribution < -0.4 is 0 Å². The second-order valence-corrected chi connectivity index (χ2v) is 5.38. The Bertz CT molecular complexity index is 906. The van der Waals surface area contributed by atoms with Gasteiger partial charge in [0.1, 0.15) is 0 Å². The summed E-state index contributed by atoms with van der Waals surface area (Å²) in [4.78, 5) is 31.5. The number of carbonyl (C=O) groups excluding carboxylic acids is 1. The van der Waals surface area contributed by atoms with E-state index in [1.807, 2.05) is 0 Å². The average molecular weight is 408 g/mol. The number of hydrogen-bond acceptors (Lipinski definition) is 5. The summed E-state index contributed by atoms with van der Waals surface area (Å²) < 4.78 is 77.4. The minimum Gasteiger partial charge on any atom is -0.289 e. The lowest BCUT2D eigenvalue weighted by Gasteiger charge is -2.11. The molecule has 0 radical (unpaired) electrons. The molecule has 28 heavy (non-hydrogen) atoms. The van der Waals surface area contributed by atoms with Crippen LogP contribution in [0.5, 0.6) is 0 Å². The van der Waals surface area contributed by atoms with Gasteiger partial charge in [-0.1, -0.05) is 0 Å². The summed E-state index contributed by atoms with van der Waals surface area (Å²) in [5.41, 5.74) is -7.30. The van der Waals surface area contributed by atoms with Crippen molar-refractivity contribution in [3.05, 3.63) is 78.9 Å². The van der Waals surface area contributed by atoms with Crippen molar-refractivity contribution in [2.24, 2.45) is 0 Å². The Labute approximate surface area is 150 Å². The van der Waals surface area contributed by atoms with E-state index in [1.165, 1.54) is 0 Å². The maximum absolute atomic E-state index is 12.9. The number of hydrogen-bond donors (Lipinski definition) is 0. The summed E-state index contributed by atoms with van der Waals surface area (Å²) in [5.74, 6) is -1.48. The lowest BCUT2D eigenvalue weighted by molar-refractivity contribution is -0.385. The Kier molecular flexibility index (Phi) is 5.13. The summed E-state index contributed by atoms with van der Waals surface area (Å²) >= 11 is 0. The van der Waals surface area contributed by atoms with Crippen molar-refractivity contribution >= 4 is 17.2 Å². The Morgan fingerprint density at radius 2 is 1.00 bits per heavy atom. The topological polar surface area (TPSA) is 103 Å². The van der Waals surface area contributed by atoms with Crippen molar-refractivity contribution in [2.75, 3.05) is 0 Å². The molecule has 0 heterocycles. The first-order chi connectivity index (χ1) is 12.7. The van der Waals surface area contributed by atoms with E-state index in [1.54, 1.807) is 0 Å². The van der Waals surface area contributed by atoms with E-state index in [0.29, 0.717) is 12.1 Å². The molecule has 0 aromatic heterocycles. The fraction of sp³-hybridized carbons (Fsp3) is 0.133. The van der Waals surface area contributed by atoms with E-state index in [-0.39, 0.29) is 24.3 Å². The third-order valence-electron chi connectivity index (χ3n) is 3.44. The Morgan fingerprint density at radius 1 is 0.679 bits per heavy atom. The summed E-state index contributed by atoms with van der Waals surface area (Å²) in [6.45, 7) is 0. The molecule has 2 aromatic carbocycles. The highest BCUT2D eigenvalue weighted by Gasteiger charge is 2.35. The lowest BCUT2D eigenvalue weighted by atomic mass is 9.98. The van der Waals surface area contributed by atoms with Gasteiger partial charge in [-0.25, -0.2) is 0 Å². The number of benzene rings is 2. The first kappa shape index (κ1) is 20.8. The van der Waals surface area contributed by atoms with Crippen molar-refractivity contribution in [1.29, 1.82) is 0 Å². The molecule has 0 fully saturated rings. The molecule has 13 heteroatoms. The zero-order chi connectivity index (χ0) is 21.4. The number of alkyl halides is 6. The van der Waals surface area contributed by atoms with Gasteiger partial charge >= 0.3 is 12.4 Å². The smallest absolute Gasteiger partial charge is 0.289 e. The number of rotatable bonds is 4. The van der Waals surface area contributed by atoms with Gasteiger partial charge in [0.05, 0.1) is 21.0 Å². The Balaban J connectivity index is 2.69. The highest BCUT2D eigenvalue weighted by atomic mass is 19.4. The molecule has 0 atom stereocenters. The van der Waals surface area contributed by atoms with Gasteiger partial charge in [-0.05, 0) is 12.1 Å². The Hall–Kier alpha value is -3.51. The van der Waals surface area contributed by atoms with Crippen LogP contribution in [0, 0.1) is 20.2 Å². The molecular formula is C15H6F6N2O5. The van der Waals surface area contributed by atoms with Crippen molar-refractivity contribution < 1.29 is 41.0 Å². The summed E-state index contributed by atoms with van der Waals surface area (Å²) in [6, 6.07) is 1.58. The first-order valence-corrected chi connectivity index (χ1v) is 6.98. The molecule has 0 aliphatic heterocycles. The third kappa shape index (κ3) is 4.42. The van der Waals surface area contributed by atoms with Crippen LogP contribution in [0.15, 0.2) is 36.4 Å². The van der Waals surface area contributed by atoms with Gasteiger partial charge in [-0.15, -0.1) is 0 Å². The van der Waals surface area contributed by atoms with Crippen LogP contribution in [-0.2, 0) is 12.4 Å². The predicted molar refractivity (Wildman–Crippen MR) is 79.6 cm³/mol. The normalized spacial score (nSPS) is 11.9. The molecule has 0 saturated carbocycles. The second kappa shape index (κ2) is 6.90. The number of carbonyl (C=O) groups is 1. The van der Waals surface area contributed by atoms with E-state index < -0.39 is 61.6 Å². The van der Waals surface area contributed by atoms with E-state index in [2.05, 4.69) is 0 Å². The van der Waals surface area contributed by atoms with Crippen molar-refractivity contribution in [3.63, 3.8) is 0 Å². The number of nitrogens with zero attached hydrogens (tertiary/aromatic N) is 2. The molecular weight excluding hydrogens is 402 g/mol. The van der Waals surface area contributed by atoms with Crippen LogP contribution in [-0.4, -0.2) is 15.6 Å². The average Bonchev–Trinajstić information content (AvgIpc) is 2.58. The highest BCUT2D eigenvalue weighted by molar-refractivity contribution is 6.10. The van der Waals surface area contributed by atoms with Gasteiger partial charge in [0.25, 0.3) is 11.4 Å². The second-order valence-electron chi connectivity index (χ2n) is 5.38. The van der Waals surface area contributed by atoms with Crippen LogP contribution in [0.2, 0.25) is 0 Å². The van der Waals surface area contributed by atoms with Gasteiger partial charge in [0.2, 0.25) is 0 Å². The summed E-state index contributed by atoms with van der Waals surface area (Å²) in [5, 5.41) is 21.6. The number of ketones is 1. The van der Waals surface area contributed by atoms with Gasteiger partial charge in [0, 0.05) is 35.4 Å². The Morgan fingerprint density at radius 3 is 1.25 bits per heavy atom. The first-order valence-electron chi connectivity index (χ1n) is 6.98. The number of nitro groups is 2. The van der Waals surface area contributed by atoms with Gasteiger partial charge in [0.15, 0.2) is 5.78 Å². The molecule has 0 bridgehead atoms. The largest absolute Gasteiger partial charge is 0.416 e. The molecule has 0 aliphatic carbocycles. The molecule has 0 spiro atoms. The minimum absolute atomic E-state index is 0.144. The van der Waals surface area contributed by atoms with Crippen LogP contribution in [0.4, 0.5) is 37.7 Å². The number of non-ortho nitro benzene ring substituents is 2. The molecule has 7 nitrogen and oxygen atoms in total. The van der Waals surface area contributed by atoms with Crippen LogP contribution in [0.3, 0.4) is 0 Å². The fourth-order valence-corrected chi connectivity index (χ4v) is 2.19. The molecule has 0 amide bonds. The minimum atomic E-state index is -5.08. The molecule has 2 rings (SSSR count). The molecule has 0 N–H and O–H groups in total. The van der Waals surface area contributed by atoms with E-state index in [0.717, 1.165) is 0 Å². The maximum atomic E-state index is 12.9. The summed E-state index contributed by atoms with van der Waals surface area (Å²) in [6.07, 6.45) is -10.2. The quantitative estimate of drug-likeness (QED) is 0.314. The van der Waals surface area contributed by atoms with Crippen LogP contribution in [0.1, 0.15) is 27.0 Å². The molecule has 0 unspecified atom stereocenters. The van der Waals surface area contributed by atoms with Crippen molar-refractivity contribution in [2.45, 2.75) is 12.4 Å². The maximum Gasteiger partial charge on any atom is 0.416 e. The number of nitro benzene ring substituents is 2.